The zero-order chi connectivity index (χ0) is 9.97. The minimum atomic E-state index is -0.305. The van der Waals surface area contributed by atoms with Crippen LogP contribution in [0.5, 0.6) is 0 Å². The van der Waals surface area contributed by atoms with E-state index in [4.69, 9.17) is 4.42 Å². The maximum absolute atomic E-state index is 11.2. The molecule has 0 bridgehead atoms. The Labute approximate surface area is 79.8 Å². The van der Waals surface area contributed by atoms with Crippen LogP contribution in [0.15, 0.2) is 28.5 Å². The number of hydrogen-bond acceptors (Lipinski definition) is 3. The Morgan fingerprint density at radius 2 is 2.29 bits per heavy atom. The van der Waals surface area contributed by atoms with Gasteiger partial charge in [0.1, 0.15) is 11.5 Å². The third kappa shape index (κ3) is 1.66. The standard InChI is InChI=1S/C9H8N2O3/c12-8-5-10-9(13)7(11-8)4-6-2-1-3-14-6/h1-4H,5H2,(H,10,13)(H,11,12)/b7-4-. The molecule has 0 saturated carbocycles. The summed E-state index contributed by atoms with van der Waals surface area (Å²) in [7, 11) is 0. The van der Waals surface area contributed by atoms with Crippen molar-refractivity contribution in [2.24, 2.45) is 0 Å². The van der Waals surface area contributed by atoms with Gasteiger partial charge in [-0.05, 0) is 12.1 Å². The summed E-state index contributed by atoms with van der Waals surface area (Å²) in [5.41, 5.74) is 0.205. The van der Waals surface area contributed by atoms with E-state index in [0.29, 0.717) is 5.76 Å². The number of furan rings is 1. The number of nitrogens with one attached hydrogen (secondary N) is 2. The Bertz CT molecular complexity index is 392. The Hall–Kier alpha value is -2.04. The van der Waals surface area contributed by atoms with Gasteiger partial charge in [0.15, 0.2) is 0 Å². The van der Waals surface area contributed by atoms with Crippen LogP contribution < -0.4 is 10.6 Å². The number of carbonyl (C=O) groups excluding carboxylic acids is 2. The fourth-order valence-electron chi connectivity index (χ4n) is 1.12. The van der Waals surface area contributed by atoms with E-state index in [1.165, 1.54) is 12.3 Å². The molecule has 14 heavy (non-hydrogen) atoms. The van der Waals surface area contributed by atoms with Crippen LogP contribution in [-0.4, -0.2) is 18.4 Å². The lowest BCUT2D eigenvalue weighted by Gasteiger charge is -2.15. The number of hydrogen-bond donors (Lipinski definition) is 2. The van der Waals surface area contributed by atoms with Gasteiger partial charge in [0.25, 0.3) is 5.91 Å². The molecule has 0 atom stereocenters. The van der Waals surface area contributed by atoms with Crippen molar-refractivity contribution in [2.75, 3.05) is 6.54 Å². The lowest BCUT2D eigenvalue weighted by Crippen LogP contribution is -2.46. The maximum atomic E-state index is 11.2. The molecular formula is C9H8N2O3. The van der Waals surface area contributed by atoms with Gasteiger partial charge in [-0.3, -0.25) is 9.59 Å². The molecular weight excluding hydrogens is 184 g/mol. The quantitative estimate of drug-likeness (QED) is 0.608. The Balaban J connectivity index is 2.23. The summed E-state index contributed by atoms with van der Waals surface area (Å²) < 4.78 is 5.01. The zero-order valence-electron chi connectivity index (χ0n) is 7.24. The summed E-state index contributed by atoms with van der Waals surface area (Å²) >= 11 is 0. The maximum Gasteiger partial charge on any atom is 0.268 e. The Morgan fingerprint density at radius 3 is 3.00 bits per heavy atom. The van der Waals surface area contributed by atoms with Crippen molar-refractivity contribution in [3.05, 3.63) is 29.9 Å². The molecule has 0 spiro atoms. The van der Waals surface area contributed by atoms with E-state index in [2.05, 4.69) is 10.6 Å². The van der Waals surface area contributed by atoms with E-state index in [-0.39, 0.29) is 24.1 Å². The van der Waals surface area contributed by atoms with Crippen LogP contribution in [0.1, 0.15) is 5.76 Å². The minimum Gasteiger partial charge on any atom is -0.465 e. The van der Waals surface area contributed by atoms with Crippen molar-refractivity contribution in [1.82, 2.24) is 10.6 Å². The Morgan fingerprint density at radius 1 is 1.43 bits per heavy atom. The van der Waals surface area contributed by atoms with Crippen molar-refractivity contribution in [3.8, 4) is 0 Å². The fraction of sp³-hybridized carbons (Fsp3) is 0.111. The molecule has 2 N–H and O–H groups in total. The highest BCUT2D eigenvalue weighted by atomic mass is 16.3. The summed E-state index contributed by atoms with van der Waals surface area (Å²) in [5.74, 6) is -0.0132. The second kappa shape index (κ2) is 3.37. The van der Waals surface area contributed by atoms with Gasteiger partial charge in [0.2, 0.25) is 5.91 Å². The first-order valence-electron chi connectivity index (χ1n) is 4.09. The van der Waals surface area contributed by atoms with E-state index in [1.807, 2.05) is 0 Å². The predicted molar refractivity (Wildman–Crippen MR) is 47.8 cm³/mol. The van der Waals surface area contributed by atoms with Crippen molar-refractivity contribution >= 4 is 17.9 Å². The van der Waals surface area contributed by atoms with Crippen LogP contribution in [0.3, 0.4) is 0 Å². The summed E-state index contributed by atoms with van der Waals surface area (Å²) in [5, 5.41) is 4.89. The summed E-state index contributed by atoms with van der Waals surface area (Å²) in [6, 6.07) is 3.40. The fourth-order valence-corrected chi connectivity index (χ4v) is 1.12. The normalized spacial score (nSPS) is 19.3. The first-order chi connectivity index (χ1) is 6.75. The van der Waals surface area contributed by atoms with Crippen LogP contribution in [0, 0.1) is 0 Å². The van der Waals surface area contributed by atoms with Gasteiger partial charge in [-0.1, -0.05) is 0 Å². The van der Waals surface area contributed by atoms with Gasteiger partial charge in [-0.25, -0.2) is 0 Å². The van der Waals surface area contributed by atoms with Crippen LogP contribution in [0.4, 0.5) is 0 Å². The SMILES string of the molecule is O=C1CNC(=O)/C(=C/c2ccco2)N1. The van der Waals surface area contributed by atoms with Crippen molar-refractivity contribution in [1.29, 1.82) is 0 Å². The molecule has 0 aromatic carbocycles. The molecule has 0 aliphatic carbocycles. The molecule has 2 heterocycles. The topological polar surface area (TPSA) is 71.3 Å². The molecule has 5 nitrogen and oxygen atoms in total. The molecule has 2 rings (SSSR count). The molecule has 5 heteroatoms. The third-order valence-electron chi connectivity index (χ3n) is 1.76. The second-order valence-corrected chi connectivity index (χ2v) is 2.80. The van der Waals surface area contributed by atoms with Gasteiger partial charge < -0.3 is 15.1 Å². The largest absolute Gasteiger partial charge is 0.465 e. The molecule has 2 amide bonds. The molecule has 0 unspecified atom stereocenters. The minimum absolute atomic E-state index is 0.0222. The molecule has 0 radical (unpaired) electrons. The Kier molecular flexibility index (Phi) is 2.06. The van der Waals surface area contributed by atoms with Gasteiger partial charge in [0, 0.05) is 6.08 Å². The average Bonchev–Trinajstić information content (AvgIpc) is 2.64. The van der Waals surface area contributed by atoms with Crippen LogP contribution in [-0.2, 0) is 9.59 Å². The summed E-state index contributed by atoms with van der Waals surface area (Å²) in [4.78, 5) is 22.2. The van der Waals surface area contributed by atoms with E-state index in [1.54, 1.807) is 12.1 Å². The van der Waals surface area contributed by atoms with Crippen LogP contribution >= 0.6 is 0 Å². The molecule has 1 aromatic heterocycles. The third-order valence-corrected chi connectivity index (χ3v) is 1.76. The first-order valence-corrected chi connectivity index (χ1v) is 4.09. The summed E-state index contributed by atoms with van der Waals surface area (Å²) in [6.45, 7) is 0.0222. The van der Waals surface area contributed by atoms with Crippen molar-refractivity contribution in [3.63, 3.8) is 0 Å². The van der Waals surface area contributed by atoms with Gasteiger partial charge in [-0.15, -0.1) is 0 Å². The number of amides is 2. The van der Waals surface area contributed by atoms with Crippen LogP contribution in [0.2, 0.25) is 0 Å². The van der Waals surface area contributed by atoms with E-state index < -0.39 is 0 Å². The van der Waals surface area contributed by atoms with E-state index >= 15 is 0 Å². The second-order valence-electron chi connectivity index (χ2n) is 2.80. The lowest BCUT2D eigenvalue weighted by molar-refractivity contribution is -0.127. The van der Waals surface area contributed by atoms with Gasteiger partial charge in [-0.2, -0.15) is 0 Å². The highest BCUT2D eigenvalue weighted by Gasteiger charge is 2.19. The average molecular weight is 192 g/mol. The van der Waals surface area contributed by atoms with E-state index in [9.17, 15) is 9.59 Å². The predicted octanol–water partition coefficient (Wildman–Crippen LogP) is -0.133. The number of carbonyl (C=O) groups is 2. The van der Waals surface area contributed by atoms with Crippen molar-refractivity contribution in [2.45, 2.75) is 0 Å². The van der Waals surface area contributed by atoms with E-state index in [0.717, 1.165) is 0 Å². The molecule has 1 aliphatic rings. The molecule has 1 aliphatic heterocycles. The smallest absolute Gasteiger partial charge is 0.268 e. The zero-order valence-corrected chi connectivity index (χ0v) is 7.24. The number of rotatable bonds is 1. The molecule has 1 fully saturated rings. The lowest BCUT2D eigenvalue weighted by atomic mass is 10.2. The highest BCUT2D eigenvalue weighted by molar-refractivity contribution is 6.05. The van der Waals surface area contributed by atoms with Gasteiger partial charge in [0.05, 0.1) is 12.8 Å². The molecule has 1 saturated heterocycles. The first kappa shape index (κ1) is 8.55. The molecule has 1 aromatic rings. The molecule has 72 valence electrons. The number of piperazine rings is 1. The van der Waals surface area contributed by atoms with Gasteiger partial charge >= 0.3 is 0 Å². The monoisotopic (exact) mass is 192 g/mol. The summed E-state index contributed by atoms with van der Waals surface area (Å²) in [6.07, 6.45) is 2.97. The van der Waals surface area contributed by atoms with Crippen molar-refractivity contribution < 1.29 is 14.0 Å². The highest BCUT2D eigenvalue weighted by Crippen LogP contribution is 2.06. The van der Waals surface area contributed by atoms with Crippen LogP contribution in [0.25, 0.3) is 6.08 Å².